The smallest absolute Gasteiger partial charge is 0.339 e. The first-order valence-electron chi connectivity index (χ1n) is 9.01. The zero-order valence-electron chi connectivity index (χ0n) is 16.7. The van der Waals surface area contributed by atoms with Gasteiger partial charge in [-0.3, -0.25) is 0 Å². The average molecular weight is 366 g/mol. The van der Waals surface area contributed by atoms with Gasteiger partial charge in [0.05, 0.1) is 12.7 Å². The number of pyridine rings is 1. The quantitative estimate of drug-likeness (QED) is 0.669. The zero-order valence-corrected chi connectivity index (χ0v) is 16.7. The molecule has 5 heteroatoms. The van der Waals surface area contributed by atoms with Gasteiger partial charge in [0.2, 0.25) is 0 Å². The second-order valence-corrected chi connectivity index (χ2v) is 7.73. The highest BCUT2D eigenvalue weighted by atomic mass is 16.6. The Kier molecular flexibility index (Phi) is 5.07. The molecule has 1 N–H and O–H groups in total. The van der Waals surface area contributed by atoms with Gasteiger partial charge in [0.15, 0.2) is 6.10 Å². The molecule has 142 valence electrons. The molecule has 2 heterocycles. The molecule has 0 aliphatic carbocycles. The molecule has 0 aliphatic heterocycles. The van der Waals surface area contributed by atoms with Crippen molar-refractivity contribution in [1.29, 1.82) is 0 Å². The molecular weight excluding hydrogens is 340 g/mol. The SMILES string of the molecule is COC(=O)C(OC(C)(C)C)c1c(C)nc2[nH]ccc2c1-c1ccc(C)cc1. The normalized spacial score (nSPS) is 13.0. The molecular formula is C22H26N2O3. The van der Waals surface area contributed by atoms with E-state index in [0.717, 1.165) is 33.4 Å². The fraction of sp³-hybridized carbons (Fsp3) is 0.364. The summed E-state index contributed by atoms with van der Waals surface area (Å²) in [7, 11) is 1.38. The first-order chi connectivity index (χ1) is 12.7. The number of hydrogen-bond donors (Lipinski definition) is 1. The Morgan fingerprint density at radius 1 is 1.11 bits per heavy atom. The highest BCUT2D eigenvalue weighted by Crippen LogP contribution is 2.39. The van der Waals surface area contributed by atoms with Gasteiger partial charge < -0.3 is 14.5 Å². The van der Waals surface area contributed by atoms with Crippen LogP contribution in [0, 0.1) is 13.8 Å². The third kappa shape index (κ3) is 3.88. The summed E-state index contributed by atoms with van der Waals surface area (Å²) in [5, 5.41) is 0.950. The molecule has 5 nitrogen and oxygen atoms in total. The van der Waals surface area contributed by atoms with Crippen molar-refractivity contribution in [3.8, 4) is 11.1 Å². The maximum Gasteiger partial charge on any atom is 0.339 e. The van der Waals surface area contributed by atoms with Crippen LogP contribution >= 0.6 is 0 Å². The number of nitrogens with one attached hydrogen (secondary N) is 1. The number of carbonyl (C=O) groups is 1. The summed E-state index contributed by atoms with van der Waals surface area (Å²) in [6, 6.07) is 10.2. The van der Waals surface area contributed by atoms with Gasteiger partial charge in [-0.15, -0.1) is 0 Å². The summed E-state index contributed by atoms with van der Waals surface area (Å²) in [4.78, 5) is 20.5. The van der Waals surface area contributed by atoms with E-state index in [-0.39, 0.29) is 0 Å². The van der Waals surface area contributed by atoms with Gasteiger partial charge in [0, 0.05) is 28.4 Å². The minimum absolute atomic E-state index is 0.432. The zero-order chi connectivity index (χ0) is 19.8. The van der Waals surface area contributed by atoms with Crippen LogP contribution in [-0.4, -0.2) is 28.6 Å². The van der Waals surface area contributed by atoms with Crippen molar-refractivity contribution in [3.63, 3.8) is 0 Å². The van der Waals surface area contributed by atoms with Crippen LogP contribution < -0.4 is 0 Å². The fourth-order valence-electron chi connectivity index (χ4n) is 3.25. The molecule has 0 amide bonds. The van der Waals surface area contributed by atoms with Gasteiger partial charge in [-0.05, 0) is 46.2 Å². The molecule has 1 unspecified atom stereocenters. The van der Waals surface area contributed by atoms with Crippen LogP contribution in [0.2, 0.25) is 0 Å². The Morgan fingerprint density at radius 3 is 2.37 bits per heavy atom. The molecule has 0 aliphatic rings. The second kappa shape index (κ2) is 7.16. The number of ether oxygens (including phenoxy) is 2. The maximum atomic E-state index is 12.7. The molecule has 0 saturated carbocycles. The van der Waals surface area contributed by atoms with Gasteiger partial charge in [-0.25, -0.2) is 9.78 Å². The average Bonchev–Trinajstić information content (AvgIpc) is 3.06. The number of esters is 1. The molecule has 1 atom stereocenters. The van der Waals surface area contributed by atoms with Crippen LogP contribution in [0.15, 0.2) is 36.5 Å². The van der Waals surface area contributed by atoms with Crippen LogP contribution in [0.3, 0.4) is 0 Å². The number of fused-ring (bicyclic) bond motifs is 1. The minimum Gasteiger partial charge on any atom is -0.467 e. The van der Waals surface area contributed by atoms with Crippen LogP contribution in [-0.2, 0) is 14.3 Å². The van der Waals surface area contributed by atoms with E-state index in [1.165, 1.54) is 12.7 Å². The Morgan fingerprint density at radius 2 is 1.78 bits per heavy atom. The van der Waals surface area contributed by atoms with Gasteiger partial charge in [-0.2, -0.15) is 0 Å². The summed E-state index contributed by atoms with van der Waals surface area (Å²) in [6.45, 7) is 9.72. The van der Waals surface area contributed by atoms with Crippen LogP contribution in [0.5, 0.6) is 0 Å². The predicted octanol–water partition coefficient (Wildman–Crippen LogP) is 4.88. The van der Waals surface area contributed by atoms with Gasteiger partial charge >= 0.3 is 5.97 Å². The van der Waals surface area contributed by atoms with Crippen LogP contribution in [0.1, 0.15) is 43.7 Å². The third-order valence-electron chi connectivity index (χ3n) is 4.42. The van der Waals surface area contributed by atoms with Crippen molar-refractivity contribution in [2.75, 3.05) is 7.11 Å². The third-order valence-corrected chi connectivity index (χ3v) is 4.42. The van der Waals surface area contributed by atoms with E-state index in [0.29, 0.717) is 0 Å². The van der Waals surface area contributed by atoms with Gasteiger partial charge in [0.1, 0.15) is 5.65 Å². The molecule has 0 bridgehead atoms. The predicted molar refractivity (Wildman–Crippen MR) is 107 cm³/mol. The lowest BCUT2D eigenvalue weighted by molar-refractivity contribution is -0.164. The monoisotopic (exact) mass is 366 g/mol. The Balaban J connectivity index is 2.33. The topological polar surface area (TPSA) is 64.2 Å². The molecule has 0 saturated heterocycles. The molecule has 27 heavy (non-hydrogen) atoms. The van der Waals surface area contributed by atoms with E-state index in [9.17, 15) is 4.79 Å². The summed E-state index contributed by atoms with van der Waals surface area (Å²) in [5.74, 6) is -0.432. The standard InChI is InChI=1S/C22H26N2O3/c1-13-7-9-15(10-8-13)18-16-11-12-23-20(16)24-14(2)17(18)19(21(25)26-6)27-22(3,4)5/h7-12,19H,1-6H3,(H,23,24). The lowest BCUT2D eigenvalue weighted by Crippen LogP contribution is -2.29. The number of methoxy groups -OCH3 is 1. The minimum atomic E-state index is -0.863. The maximum absolute atomic E-state index is 12.7. The first kappa shape index (κ1) is 19.1. The van der Waals surface area contributed by atoms with Crippen LogP contribution in [0.4, 0.5) is 0 Å². The number of aryl methyl sites for hydroxylation is 2. The van der Waals surface area contributed by atoms with E-state index < -0.39 is 17.7 Å². The van der Waals surface area contributed by atoms with E-state index >= 15 is 0 Å². The number of H-pyrrole nitrogens is 1. The Bertz CT molecular complexity index is 966. The highest BCUT2D eigenvalue weighted by Gasteiger charge is 2.33. The molecule has 2 aromatic heterocycles. The van der Waals surface area contributed by atoms with E-state index in [1.54, 1.807) is 0 Å². The number of hydrogen-bond acceptors (Lipinski definition) is 4. The highest BCUT2D eigenvalue weighted by molar-refractivity contribution is 5.97. The number of benzene rings is 1. The summed E-state index contributed by atoms with van der Waals surface area (Å²) in [5.41, 5.74) is 4.87. The number of aromatic nitrogens is 2. The van der Waals surface area contributed by atoms with Crippen molar-refractivity contribution in [3.05, 3.63) is 53.3 Å². The van der Waals surface area contributed by atoms with Crippen molar-refractivity contribution in [2.24, 2.45) is 0 Å². The Labute approximate surface area is 159 Å². The molecule has 0 radical (unpaired) electrons. The number of carbonyl (C=O) groups excluding carboxylic acids is 1. The van der Waals surface area contributed by atoms with Gasteiger partial charge in [0.25, 0.3) is 0 Å². The molecule has 3 rings (SSSR count). The molecule has 1 aromatic carbocycles. The van der Waals surface area contributed by atoms with E-state index in [1.807, 2.05) is 46.9 Å². The van der Waals surface area contributed by atoms with Crippen molar-refractivity contribution < 1.29 is 14.3 Å². The first-order valence-corrected chi connectivity index (χ1v) is 9.01. The van der Waals surface area contributed by atoms with E-state index in [2.05, 4.69) is 34.2 Å². The Hall–Kier alpha value is -2.66. The van der Waals surface area contributed by atoms with Crippen molar-refractivity contribution in [1.82, 2.24) is 9.97 Å². The second-order valence-electron chi connectivity index (χ2n) is 7.73. The number of aromatic amines is 1. The molecule has 0 fully saturated rings. The molecule has 3 aromatic rings. The lowest BCUT2D eigenvalue weighted by Gasteiger charge is -2.28. The van der Waals surface area contributed by atoms with Crippen molar-refractivity contribution >= 4 is 17.0 Å². The number of nitrogens with zero attached hydrogens (tertiary/aromatic N) is 1. The largest absolute Gasteiger partial charge is 0.467 e. The number of rotatable bonds is 4. The summed E-state index contributed by atoms with van der Waals surface area (Å²) < 4.78 is 11.2. The fourth-order valence-corrected chi connectivity index (χ4v) is 3.25. The van der Waals surface area contributed by atoms with Gasteiger partial charge in [-0.1, -0.05) is 29.8 Å². The lowest BCUT2D eigenvalue weighted by atomic mass is 9.92. The van der Waals surface area contributed by atoms with Crippen molar-refractivity contribution in [2.45, 2.75) is 46.3 Å². The van der Waals surface area contributed by atoms with E-state index in [4.69, 9.17) is 9.47 Å². The summed E-state index contributed by atoms with van der Waals surface area (Å²) in [6.07, 6.45) is 0.995. The molecule has 0 spiro atoms. The van der Waals surface area contributed by atoms with Crippen LogP contribution in [0.25, 0.3) is 22.2 Å². The summed E-state index contributed by atoms with van der Waals surface area (Å²) >= 11 is 0.